The number of fused-ring (bicyclic) bond motifs is 2. The number of allylic oxidation sites excluding steroid dienone is 1. The third-order valence-corrected chi connectivity index (χ3v) is 3.47. The van der Waals surface area contributed by atoms with Gasteiger partial charge in [-0.1, -0.05) is 49.4 Å². The van der Waals surface area contributed by atoms with E-state index < -0.39 is 0 Å². The van der Waals surface area contributed by atoms with Crippen molar-refractivity contribution in [1.29, 1.82) is 0 Å². The normalized spacial score (nSPS) is 18.1. The molecule has 0 bridgehead atoms. The molecule has 1 atom stereocenters. The van der Waals surface area contributed by atoms with Gasteiger partial charge in [0.15, 0.2) is 6.29 Å². The Morgan fingerprint density at radius 1 is 1.29 bits per heavy atom. The summed E-state index contributed by atoms with van der Waals surface area (Å²) in [4.78, 5) is 11.3. The van der Waals surface area contributed by atoms with Crippen LogP contribution in [0.5, 0.6) is 0 Å². The molecule has 0 aliphatic heterocycles. The van der Waals surface area contributed by atoms with E-state index in [4.69, 9.17) is 0 Å². The zero-order valence-corrected chi connectivity index (χ0v) is 9.81. The fourth-order valence-electron chi connectivity index (χ4n) is 2.62. The third kappa shape index (κ3) is 1.59. The molecule has 0 aromatic heterocycles. The van der Waals surface area contributed by atoms with E-state index in [0.29, 0.717) is 5.92 Å². The lowest BCUT2D eigenvalue weighted by Crippen LogP contribution is -2.06. The van der Waals surface area contributed by atoms with Crippen LogP contribution in [0.1, 0.15) is 28.4 Å². The van der Waals surface area contributed by atoms with E-state index in [-0.39, 0.29) is 0 Å². The van der Waals surface area contributed by atoms with Gasteiger partial charge in [0, 0.05) is 5.56 Å². The van der Waals surface area contributed by atoms with E-state index in [0.717, 1.165) is 34.6 Å². The minimum absolute atomic E-state index is 0.558. The summed E-state index contributed by atoms with van der Waals surface area (Å²) in [5, 5.41) is 2.22. The predicted molar refractivity (Wildman–Crippen MR) is 71.2 cm³/mol. The van der Waals surface area contributed by atoms with Crippen LogP contribution < -0.4 is 0 Å². The van der Waals surface area contributed by atoms with Gasteiger partial charge in [0.2, 0.25) is 0 Å². The van der Waals surface area contributed by atoms with Crippen LogP contribution in [-0.4, -0.2) is 6.29 Å². The molecule has 2 aromatic rings. The summed E-state index contributed by atoms with van der Waals surface area (Å²) in [5.41, 5.74) is 3.24. The van der Waals surface area contributed by atoms with Crippen LogP contribution in [0, 0.1) is 5.92 Å². The van der Waals surface area contributed by atoms with Crippen LogP contribution >= 0.6 is 0 Å². The minimum atomic E-state index is 0.558. The van der Waals surface area contributed by atoms with Gasteiger partial charge in [0.1, 0.15) is 0 Å². The fourth-order valence-corrected chi connectivity index (χ4v) is 2.62. The Hall–Kier alpha value is -1.89. The molecule has 2 aromatic carbocycles. The Balaban J connectivity index is 2.39. The molecule has 1 aliphatic carbocycles. The first-order chi connectivity index (χ1) is 8.29. The van der Waals surface area contributed by atoms with Crippen LogP contribution in [0.25, 0.3) is 16.8 Å². The standard InChI is InChI=1S/C16H14O/c1-11-6-7-15-13(8-11)9-12-4-2-3-5-14(12)16(15)10-17/h2-7,9-11H,8H2,1H3. The Bertz CT molecular complexity index is 623. The van der Waals surface area contributed by atoms with Crippen molar-refractivity contribution >= 4 is 23.1 Å². The number of aldehydes is 1. The average molecular weight is 222 g/mol. The van der Waals surface area contributed by atoms with Crippen molar-refractivity contribution in [3.8, 4) is 0 Å². The largest absolute Gasteiger partial charge is 0.298 e. The Kier molecular flexibility index (Phi) is 2.32. The van der Waals surface area contributed by atoms with Gasteiger partial charge in [-0.25, -0.2) is 0 Å². The molecule has 0 radical (unpaired) electrons. The van der Waals surface area contributed by atoms with Crippen molar-refractivity contribution in [3.63, 3.8) is 0 Å². The van der Waals surface area contributed by atoms with Crippen molar-refractivity contribution in [2.45, 2.75) is 13.3 Å². The molecule has 1 nitrogen and oxygen atoms in total. The Labute approximate surface area is 101 Å². The quantitative estimate of drug-likeness (QED) is 0.670. The van der Waals surface area contributed by atoms with Gasteiger partial charge >= 0.3 is 0 Å². The number of benzene rings is 2. The molecule has 0 saturated heterocycles. The van der Waals surface area contributed by atoms with E-state index in [2.05, 4.69) is 31.2 Å². The molecule has 84 valence electrons. The highest BCUT2D eigenvalue weighted by molar-refractivity contribution is 6.02. The Morgan fingerprint density at radius 3 is 2.94 bits per heavy atom. The highest BCUT2D eigenvalue weighted by Gasteiger charge is 2.15. The van der Waals surface area contributed by atoms with Crippen LogP contribution in [0.4, 0.5) is 0 Å². The van der Waals surface area contributed by atoms with Crippen LogP contribution in [0.15, 0.2) is 36.4 Å². The summed E-state index contributed by atoms with van der Waals surface area (Å²) in [6.45, 7) is 2.20. The van der Waals surface area contributed by atoms with Gasteiger partial charge in [-0.3, -0.25) is 4.79 Å². The maximum Gasteiger partial charge on any atom is 0.151 e. The van der Waals surface area contributed by atoms with E-state index in [1.807, 2.05) is 18.2 Å². The summed E-state index contributed by atoms with van der Waals surface area (Å²) in [7, 11) is 0. The lowest BCUT2D eigenvalue weighted by molar-refractivity contribution is 0.112. The van der Waals surface area contributed by atoms with Crippen molar-refractivity contribution < 1.29 is 4.79 Å². The van der Waals surface area contributed by atoms with Gasteiger partial charge in [0.05, 0.1) is 0 Å². The van der Waals surface area contributed by atoms with Crippen LogP contribution in [-0.2, 0) is 6.42 Å². The van der Waals surface area contributed by atoms with Gasteiger partial charge in [0.25, 0.3) is 0 Å². The van der Waals surface area contributed by atoms with E-state index in [1.54, 1.807) is 0 Å². The monoisotopic (exact) mass is 222 g/mol. The maximum absolute atomic E-state index is 11.3. The second-order valence-electron chi connectivity index (χ2n) is 4.74. The van der Waals surface area contributed by atoms with E-state index in [9.17, 15) is 4.79 Å². The number of carbonyl (C=O) groups is 1. The second-order valence-corrected chi connectivity index (χ2v) is 4.74. The van der Waals surface area contributed by atoms with Gasteiger partial charge in [-0.2, -0.15) is 0 Å². The smallest absolute Gasteiger partial charge is 0.151 e. The lowest BCUT2D eigenvalue weighted by Gasteiger charge is -2.18. The maximum atomic E-state index is 11.3. The highest BCUT2D eigenvalue weighted by Crippen LogP contribution is 2.31. The molecule has 3 rings (SSSR count). The lowest BCUT2D eigenvalue weighted by atomic mass is 9.85. The number of rotatable bonds is 1. The first-order valence-electron chi connectivity index (χ1n) is 5.97. The molecule has 0 saturated carbocycles. The molecular formula is C16H14O. The highest BCUT2D eigenvalue weighted by atomic mass is 16.1. The minimum Gasteiger partial charge on any atom is -0.298 e. The molecule has 1 heteroatoms. The fraction of sp³-hybridized carbons (Fsp3) is 0.188. The zero-order chi connectivity index (χ0) is 11.8. The number of hydrogen-bond acceptors (Lipinski definition) is 1. The molecule has 0 spiro atoms. The molecular weight excluding hydrogens is 208 g/mol. The first kappa shape index (κ1) is 10.3. The average Bonchev–Trinajstić information content (AvgIpc) is 2.35. The summed E-state index contributed by atoms with van der Waals surface area (Å²) in [6, 6.07) is 10.3. The SMILES string of the molecule is CC1C=Cc2c(cc3ccccc3c2C=O)C1. The predicted octanol–water partition coefficient (Wildman–Crippen LogP) is 3.86. The zero-order valence-electron chi connectivity index (χ0n) is 9.81. The van der Waals surface area contributed by atoms with Crippen LogP contribution in [0.2, 0.25) is 0 Å². The van der Waals surface area contributed by atoms with Gasteiger partial charge in [-0.05, 0) is 34.2 Å². The van der Waals surface area contributed by atoms with Crippen molar-refractivity contribution in [1.82, 2.24) is 0 Å². The van der Waals surface area contributed by atoms with E-state index in [1.165, 1.54) is 5.56 Å². The number of carbonyl (C=O) groups excluding carboxylic acids is 1. The van der Waals surface area contributed by atoms with Crippen molar-refractivity contribution in [2.75, 3.05) is 0 Å². The van der Waals surface area contributed by atoms with Gasteiger partial charge in [-0.15, -0.1) is 0 Å². The molecule has 17 heavy (non-hydrogen) atoms. The van der Waals surface area contributed by atoms with E-state index >= 15 is 0 Å². The summed E-state index contributed by atoms with van der Waals surface area (Å²) in [5.74, 6) is 0.558. The molecule has 0 heterocycles. The molecule has 0 amide bonds. The topological polar surface area (TPSA) is 17.1 Å². The molecule has 0 fully saturated rings. The second kappa shape index (κ2) is 3.85. The molecule has 0 N–H and O–H groups in total. The Morgan fingerprint density at radius 2 is 2.12 bits per heavy atom. The van der Waals surface area contributed by atoms with Gasteiger partial charge < -0.3 is 0 Å². The molecule has 1 unspecified atom stereocenters. The summed E-state index contributed by atoms with van der Waals surface area (Å²) >= 11 is 0. The van der Waals surface area contributed by atoms with Crippen LogP contribution in [0.3, 0.4) is 0 Å². The summed E-state index contributed by atoms with van der Waals surface area (Å²) < 4.78 is 0. The van der Waals surface area contributed by atoms with Crippen molar-refractivity contribution in [3.05, 3.63) is 53.1 Å². The number of hydrogen-bond donors (Lipinski definition) is 0. The summed E-state index contributed by atoms with van der Waals surface area (Å²) in [6.07, 6.45) is 6.29. The van der Waals surface area contributed by atoms with Crippen molar-refractivity contribution in [2.24, 2.45) is 5.92 Å². The first-order valence-corrected chi connectivity index (χ1v) is 5.97. The third-order valence-electron chi connectivity index (χ3n) is 3.47. The molecule has 1 aliphatic rings.